The first-order valence-corrected chi connectivity index (χ1v) is 4.82. The first-order valence-electron chi connectivity index (χ1n) is 4.82. The Labute approximate surface area is 82.9 Å². The van der Waals surface area contributed by atoms with Gasteiger partial charge in [-0.15, -0.1) is 0 Å². The number of aromatic nitrogens is 2. The summed E-state index contributed by atoms with van der Waals surface area (Å²) in [5.74, 6) is 0. The van der Waals surface area contributed by atoms with Gasteiger partial charge in [0.05, 0.1) is 23.9 Å². The summed E-state index contributed by atoms with van der Waals surface area (Å²) < 4.78 is 7.22. The third-order valence-electron chi connectivity index (χ3n) is 2.75. The van der Waals surface area contributed by atoms with Crippen molar-refractivity contribution in [1.82, 2.24) is 9.78 Å². The predicted octanol–water partition coefficient (Wildman–Crippen LogP) is 1.27. The van der Waals surface area contributed by atoms with Crippen LogP contribution in [-0.2, 0) is 4.74 Å². The van der Waals surface area contributed by atoms with Crippen LogP contribution in [0.15, 0.2) is 0 Å². The third kappa shape index (κ3) is 1.35. The Morgan fingerprint density at radius 1 is 1.57 bits per heavy atom. The van der Waals surface area contributed by atoms with Crippen LogP contribution in [0.2, 0.25) is 0 Å². The van der Waals surface area contributed by atoms with E-state index in [1.54, 1.807) is 0 Å². The highest BCUT2D eigenvalue weighted by molar-refractivity contribution is 5.78. The standard InChI is InChI=1S/C10H14N2O2/c1-7-10(5-13)8(2)12(11-7)9-3-4-14-6-9/h5,9H,3-4,6H2,1-2H3. The highest BCUT2D eigenvalue weighted by Gasteiger charge is 2.22. The zero-order chi connectivity index (χ0) is 10.1. The van der Waals surface area contributed by atoms with E-state index >= 15 is 0 Å². The van der Waals surface area contributed by atoms with Crippen LogP contribution in [0, 0.1) is 13.8 Å². The summed E-state index contributed by atoms with van der Waals surface area (Å²) in [6.45, 7) is 5.30. The fraction of sp³-hybridized carbons (Fsp3) is 0.600. The Morgan fingerprint density at radius 3 is 2.86 bits per heavy atom. The second-order valence-corrected chi connectivity index (χ2v) is 3.66. The van der Waals surface area contributed by atoms with Crippen molar-refractivity contribution in [3.8, 4) is 0 Å². The number of hydrogen-bond acceptors (Lipinski definition) is 3. The van der Waals surface area contributed by atoms with E-state index in [4.69, 9.17) is 4.74 Å². The number of aryl methyl sites for hydroxylation is 1. The lowest BCUT2D eigenvalue weighted by molar-refractivity contribution is 0.112. The van der Waals surface area contributed by atoms with Crippen LogP contribution in [0.5, 0.6) is 0 Å². The highest BCUT2D eigenvalue weighted by atomic mass is 16.5. The quantitative estimate of drug-likeness (QED) is 0.666. The van der Waals surface area contributed by atoms with Crippen molar-refractivity contribution in [3.05, 3.63) is 17.0 Å². The lowest BCUT2D eigenvalue weighted by atomic mass is 10.2. The van der Waals surface area contributed by atoms with Crippen molar-refractivity contribution in [3.63, 3.8) is 0 Å². The van der Waals surface area contributed by atoms with Crippen molar-refractivity contribution in [2.24, 2.45) is 0 Å². The van der Waals surface area contributed by atoms with Gasteiger partial charge in [-0.1, -0.05) is 0 Å². The van der Waals surface area contributed by atoms with Gasteiger partial charge in [0, 0.05) is 12.3 Å². The molecule has 1 unspecified atom stereocenters. The van der Waals surface area contributed by atoms with Crippen LogP contribution in [0.25, 0.3) is 0 Å². The Bertz CT molecular complexity index is 351. The summed E-state index contributed by atoms with van der Waals surface area (Å²) in [7, 11) is 0. The largest absolute Gasteiger partial charge is 0.379 e. The SMILES string of the molecule is Cc1nn(C2CCOC2)c(C)c1C=O. The average molecular weight is 194 g/mol. The molecule has 2 heterocycles. The molecule has 0 aromatic carbocycles. The van der Waals surface area contributed by atoms with Crippen LogP contribution < -0.4 is 0 Å². The van der Waals surface area contributed by atoms with Gasteiger partial charge < -0.3 is 4.74 Å². The molecule has 2 rings (SSSR count). The molecule has 4 heteroatoms. The van der Waals surface area contributed by atoms with Crippen molar-refractivity contribution in [2.75, 3.05) is 13.2 Å². The molecule has 1 fully saturated rings. The van der Waals surface area contributed by atoms with Crippen LogP contribution >= 0.6 is 0 Å². The van der Waals surface area contributed by atoms with Gasteiger partial charge in [0.1, 0.15) is 0 Å². The summed E-state index contributed by atoms with van der Waals surface area (Å²) in [6, 6.07) is 0.308. The van der Waals surface area contributed by atoms with Gasteiger partial charge in [0.25, 0.3) is 0 Å². The average Bonchev–Trinajstić information content (AvgIpc) is 2.74. The third-order valence-corrected chi connectivity index (χ3v) is 2.75. The number of carbonyl (C=O) groups excluding carboxylic acids is 1. The van der Waals surface area contributed by atoms with Crippen molar-refractivity contribution < 1.29 is 9.53 Å². The van der Waals surface area contributed by atoms with Crippen LogP contribution in [0.3, 0.4) is 0 Å². The van der Waals surface area contributed by atoms with E-state index in [9.17, 15) is 4.79 Å². The molecule has 4 nitrogen and oxygen atoms in total. The number of nitrogens with zero attached hydrogens (tertiary/aromatic N) is 2. The van der Waals surface area contributed by atoms with E-state index in [-0.39, 0.29) is 0 Å². The Morgan fingerprint density at radius 2 is 2.36 bits per heavy atom. The van der Waals surface area contributed by atoms with Crippen molar-refractivity contribution in [2.45, 2.75) is 26.3 Å². The molecule has 1 aromatic heterocycles. The van der Waals surface area contributed by atoms with Crippen LogP contribution in [0.4, 0.5) is 0 Å². The minimum Gasteiger partial charge on any atom is -0.379 e. The zero-order valence-electron chi connectivity index (χ0n) is 8.49. The number of carbonyl (C=O) groups is 1. The van der Waals surface area contributed by atoms with Crippen molar-refractivity contribution in [1.29, 1.82) is 0 Å². The van der Waals surface area contributed by atoms with Gasteiger partial charge in [-0.3, -0.25) is 9.48 Å². The molecule has 0 radical (unpaired) electrons. The second kappa shape index (κ2) is 3.53. The van der Waals surface area contributed by atoms with Crippen LogP contribution in [0.1, 0.15) is 34.2 Å². The fourth-order valence-electron chi connectivity index (χ4n) is 1.92. The Kier molecular flexibility index (Phi) is 2.37. The minimum atomic E-state index is 0.308. The molecule has 1 saturated heterocycles. The summed E-state index contributed by atoms with van der Waals surface area (Å²) in [5, 5.41) is 4.37. The number of ether oxygens (including phenoxy) is 1. The fourth-order valence-corrected chi connectivity index (χ4v) is 1.92. The molecule has 1 aromatic rings. The topological polar surface area (TPSA) is 44.1 Å². The first kappa shape index (κ1) is 9.40. The van der Waals surface area contributed by atoms with E-state index in [2.05, 4.69) is 5.10 Å². The van der Waals surface area contributed by atoms with Gasteiger partial charge in [-0.05, 0) is 20.3 Å². The molecule has 0 spiro atoms. The molecule has 76 valence electrons. The Hall–Kier alpha value is -1.16. The smallest absolute Gasteiger partial charge is 0.153 e. The van der Waals surface area contributed by atoms with E-state index in [1.165, 1.54) is 0 Å². The molecule has 0 amide bonds. The minimum absolute atomic E-state index is 0.308. The Balaban J connectivity index is 2.38. The highest BCUT2D eigenvalue weighted by Crippen LogP contribution is 2.22. The number of rotatable bonds is 2. The maximum Gasteiger partial charge on any atom is 0.153 e. The monoisotopic (exact) mass is 194 g/mol. The lowest BCUT2D eigenvalue weighted by Gasteiger charge is -2.10. The molecule has 1 atom stereocenters. The molecule has 14 heavy (non-hydrogen) atoms. The molecule has 0 N–H and O–H groups in total. The first-order chi connectivity index (χ1) is 6.74. The number of hydrogen-bond donors (Lipinski definition) is 0. The molecular formula is C10H14N2O2. The van der Waals surface area contributed by atoms with Gasteiger partial charge in [0.15, 0.2) is 6.29 Å². The van der Waals surface area contributed by atoms with Gasteiger partial charge in [0.2, 0.25) is 0 Å². The molecule has 1 aliphatic heterocycles. The van der Waals surface area contributed by atoms with Gasteiger partial charge in [-0.25, -0.2) is 0 Å². The maximum absolute atomic E-state index is 10.8. The molecular weight excluding hydrogens is 180 g/mol. The molecule has 0 bridgehead atoms. The predicted molar refractivity (Wildman–Crippen MR) is 51.6 cm³/mol. The van der Waals surface area contributed by atoms with E-state index in [0.29, 0.717) is 12.6 Å². The van der Waals surface area contributed by atoms with E-state index in [0.717, 1.165) is 36.3 Å². The molecule has 0 aliphatic carbocycles. The zero-order valence-corrected chi connectivity index (χ0v) is 8.49. The summed E-state index contributed by atoms with van der Waals surface area (Å²) in [6.07, 6.45) is 1.87. The lowest BCUT2D eigenvalue weighted by Crippen LogP contribution is -2.12. The second-order valence-electron chi connectivity index (χ2n) is 3.66. The number of aldehydes is 1. The molecule has 1 aliphatic rings. The van der Waals surface area contributed by atoms with Gasteiger partial charge in [-0.2, -0.15) is 5.10 Å². The van der Waals surface area contributed by atoms with Gasteiger partial charge >= 0.3 is 0 Å². The summed E-state index contributed by atoms with van der Waals surface area (Å²) in [5.41, 5.74) is 2.48. The van der Waals surface area contributed by atoms with Crippen LogP contribution in [-0.4, -0.2) is 29.3 Å². The maximum atomic E-state index is 10.8. The van der Waals surface area contributed by atoms with E-state index < -0.39 is 0 Å². The summed E-state index contributed by atoms with van der Waals surface area (Å²) in [4.78, 5) is 10.8. The normalized spacial score (nSPS) is 21.4. The van der Waals surface area contributed by atoms with Crippen molar-refractivity contribution >= 4 is 6.29 Å². The molecule has 0 saturated carbocycles. The summed E-state index contributed by atoms with van der Waals surface area (Å²) >= 11 is 0. The van der Waals surface area contributed by atoms with E-state index in [1.807, 2.05) is 18.5 Å².